The van der Waals surface area contributed by atoms with Gasteiger partial charge in [-0.25, -0.2) is 4.98 Å². The predicted molar refractivity (Wildman–Crippen MR) is 117 cm³/mol. The van der Waals surface area contributed by atoms with E-state index in [-0.39, 0.29) is 5.56 Å². The lowest BCUT2D eigenvalue weighted by atomic mass is 10.1. The quantitative estimate of drug-likeness (QED) is 0.297. The lowest BCUT2D eigenvalue weighted by Crippen LogP contribution is -2.08. The van der Waals surface area contributed by atoms with Crippen LogP contribution in [0.2, 0.25) is 0 Å². The Morgan fingerprint density at radius 1 is 1.07 bits per heavy atom. The Morgan fingerprint density at radius 2 is 1.97 bits per heavy atom. The highest BCUT2D eigenvalue weighted by molar-refractivity contribution is 7.98. The fourth-order valence-electron chi connectivity index (χ4n) is 2.94. The first-order chi connectivity index (χ1) is 14.3. The molecule has 5 aromatic rings. The molecule has 0 spiro atoms. The number of nitrogens with one attached hydrogen (secondary N) is 1. The molecule has 0 atom stereocenters. The normalized spacial score (nSPS) is 11.3. The summed E-state index contributed by atoms with van der Waals surface area (Å²) >= 11 is 4.47. The molecule has 4 heterocycles. The van der Waals surface area contributed by atoms with Crippen LogP contribution in [-0.4, -0.2) is 20.1 Å². The molecule has 0 aliphatic rings. The van der Waals surface area contributed by atoms with Crippen LogP contribution in [0.15, 0.2) is 67.7 Å². The average molecular weight is 439 g/mol. The van der Waals surface area contributed by atoms with Crippen LogP contribution in [0.4, 0.5) is 0 Å². The van der Waals surface area contributed by atoms with Gasteiger partial charge in [0, 0.05) is 22.2 Å². The molecule has 9 heteroatoms. The number of thioether (sulfide) groups is 1. The summed E-state index contributed by atoms with van der Waals surface area (Å²) in [5, 5.41) is 9.21. The zero-order valence-corrected chi connectivity index (χ0v) is 17.4. The maximum atomic E-state index is 12.6. The van der Waals surface area contributed by atoms with Gasteiger partial charge < -0.3 is 9.51 Å². The molecule has 0 aliphatic carbocycles. The largest absolute Gasteiger partial charge is 0.338 e. The van der Waals surface area contributed by atoms with Gasteiger partial charge in [-0.3, -0.25) is 4.79 Å². The molecule has 29 heavy (non-hydrogen) atoms. The van der Waals surface area contributed by atoms with E-state index in [1.807, 2.05) is 53.2 Å². The molecule has 0 fully saturated rings. The molecule has 5 rings (SSSR count). The van der Waals surface area contributed by atoms with E-state index in [2.05, 4.69) is 20.1 Å². The highest BCUT2D eigenvalue weighted by atomic mass is 32.2. The molecule has 0 amide bonds. The summed E-state index contributed by atoms with van der Waals surface area (Å²) < 4.78 is 5.33. The zero-order chi connectivity index (χ0) is 19.6. The topological polar surface area (TPSA) is 84.7 Å². The van der Waals surface area contributed by atoms with Gasteiger partial charge >= 0.3 is 0 Å². The molecular formula is C20H14N4O2S3. The van der Waals surface area contributed by atoms with E-state index in [0.29, 0.717) is 34.4 Å². The fraction of sp³-hybridized carbons (Fsp3) is 0.100. The smallest absolute Gasteiger partial charge is 0.260 e. The van der Waals surface area contributed by atoms with Crippen molar-refractivity contribution in [1.29, 1.82) is 0 Å². The van der Waals surface area contributed by atoms with Gasteiger partial charge in [-0.05, 0) is 17.0 Å². The van der Waals surface area contributed by atoms with E-state index in [1.54, 1.807) is 11.3 Å². The number of benzene rings is 1. The van der Waals surface area contributed by atoms with Crippen molar-refractivity contribution in [2.45, 2.75) is 17.3 Å². The molecule has 6 nitrogen and oxygen atoms in total. The maximum absolute atomic E-state index is 12.6. The van der Waals surface area contributed by atoms with Crippen LogP contribution in [0, 0.1) is 0 Å². The number of thiophene rings is 2. The summed E-state index contributed by atoms with van der Waals surface area (Å²) in [7, 11) is 0. The highest BCUT2D eigenvalue weighted by Crippen LogP contribution is 2.34. The van der Waals surface area contributed by atoms with Crippen LogP contribution in [0.25, 0.3) is 20.7 Å². The Hall–Kier alpha value is -2.75. The van der Waals surface area contributed by atoms with Crippen molar-refractivity contribution < 1.29 is 4.52 Å². The molecule has 144 valence electrons. The van der Waals surface area contributed by atoms with Crippen LogP contribution in [0.1, 0.15) is 17.3 Å². The monoisotopic (exact) mass is 438 g/mol. The summed E-state index contributed by atoms with van der Waals surface area (Å²) in [5.74, 6) is 1.59. The number of hydrogen-bond donors (Lipinski definition) is 1. The first-order valence-corrected chi connectivity index (χ1v) is 11.5. The van der Waals surface area contributed by atoms with E-state index >= 15 is 0 Å². The molecule has 0 aliphatic heterocycles. The van der Waals surface area contributed by atoms with E-state index in [9.17, 15) is 4.79 Å². The molecule has 0 saturated heterocycles. The summed E-state index contributed by atoms with van der Waals surface area (Å²) in [4.78, 5) is 26.3. The second kappa shape index (κ2) is 7.94. The van der Waals surface area contributed by atoms with E-state index < -0.39 is 0 Å². The van der Waals surface area contributed by atoms with Crippen molar-refractivity contribution >= 4 is 44.7 Å². The van der Waals surface area contributed by atoms with Crippen molar-refractivity contribution in [2.24, 2.45) is 0 Å². The van der Waals surface area contributed by atoms with E-state index in [4.69, 9.17) is 4.52 Å². The Bertz CT molecular complexity index is 1310. The van der Waals surface area contributed by atoms with Crippen LogP contribution >= 0.6 is 34.4 Å². The number of nitrogens with zero attached hydrogens (tertiary/aromatic N) is 3. The number of fused-ring (bicyclic) bond motifs is 1. The predicted octanol–water partition coefficient (Wildman–Crippen LogP) is 4.98. The molecule has 0 bridgehead atoms. The summed E-state index contributed by atoms with van der Waals surface area (Å²) in [6, 6.07) is 14.0. The second-order valence-electron chi connectivity index (χ2n) is 6.23. The SMILES string of the molecule is O=c1[nH]c(SCc2nc(Cc3ccccc3)no2)nc2scc(-c3cccs3)c12. The van der Waals surface area contributed by atoms with E-state index in [0.717, 1.165) is 20.8 Å². The standard InChI is InChI=1S/C20H14N4O2S3/c25-18-17-13(14-7-4-8-27-14)10-28-19(17)23-20(22-18)29-11-16-21-15(24-26-16)9-12-5-2-1-3-6-12/h1-8,10H,9,11H2,(H,22,23,25). The van der Waals surface area contributed by atoms with Gasteiger partial charge in [0.1, 0.15) is 4.83 Å². The number of aromatic nitrogens is 4. The van der Waals surface area contributed by atoms with Gasteiger partial charge in [-0.15, -0.1) is 22.7 Å². The average Bonchev–Trinajstić information content (AvgIpc) is 3.48. The lowest BCUT2D eigenvalue weighted by molar-refractivity contribution is 0.385. The molecule has 1 N–H and O–H groups in total. The lowest BCUT2D eigenvalue weighted by Gasteiger charge is -1.99. The van der Waals surface area contributed by atoms with Crippen molar-refractivity contribution in [3.05, 3.63) is 80.9 Å². The summed E-state index contributed by atoms with van der Waals surface area (Å²) in [6.07, 6.45) is 0.622. The second-order valence-corrected chi connectivity index (χ2v) is 9.00. The van der Waals surface area contributed by atoms with Gasteiger partial charge in [0.2, 0.25) is 5.89 Å². The first-order valence-electron chi connectivity index (χ1n) is 8.80. The van der Waals surface area contributed by atoms with Crippen LogP contribution in [-0.2, 0) is 12.2 Å². The highest BCUT2D eigenvalue weighted by Gasteiger charge is 2.15. The van der Waals surface area contributed by atoms with Crippen molar-refractivity contribution in [3.63, 3.8) is 0 Å². The third kappa shape index (κ3) is 3.89. The van der Waals surface area contributed by atoms with Gasteiger partial charge in [0.15, 0.2) is 11.0 Å². The first kappa shape index (κ1) is 18.3. The maximum Gasteiger partial charge on any atom is 0.260 e. The minimum atomic E-state index is -0.127. The number of rotatable bonds is 6. The number of aromatic amines is 1. The Kier molecular flexibility index (Phi) is 5.01. The van der Waals surface area contributed by atoms with Crippen molar-refractivity contribution in [2.75, 3.05) is 0 Å². The molecule has 0 saturated carbocycles. The summed E-state index contributed by atoms with van der Waals surface area (Å²) in [6.45, 7) is 0. The van der Waals surface area contributed by atoms with Crippen molar-refractivity contribution in [3.8, 4) is 10.4 Å². The van der Waals surface area contributed by atoms with Crippen molar-refractivity contribution in [1.82, 2.24) is 20.1 Å². The van der Waals surface area contributed by atoms with Crippen LogP contribution < -0.4 is 5.56 Å². The Labute approximate surface area is 177 Å². The molecule has 0 unspecified atom stereocenters. The number of H-pyrrole nitrogens is 1. The third-order valence-electron chi connectivity index (χ3n) is 4.26. The minimum absolute atomic E-state index is 0.127. The zero-order valence-electron chi connectivity index (χ0n) is 15.0. The molecule has 0 radical (unpaired) electrons. The van der Waals surface area contributed by atoms with E-state index in [1.165, 1.54) is 23.1 Å². The number of hydrogen-bond acceptors (Lipinski definition) is 8. The van der Waals surface area contributed by atoms with Gasteiger partial charge in [-0.1, -0.05) is 53.3 Å². The van der Waals surface area contributed by atoms with Gasteiger partial charge in [0.05, 0.1) is 11.1 Å². The van der Waals surface area contributed by atoms with Crippen LogP contribution in [0.5, 0.6) is 0 Å². The third-order valence-corrected chi connectivity index (χ3v) is 6.89. The van der Waals surface area contributed by atoms with Gasteiger partial charge in [-0.2, -0.15) is 4.98 Å². The molecule has 4 aromatic heterocycles. The summed E-state index contributed by atoms with van der Waals surface area (Å²) in [5.41, 5.74) is 1.94. The minimum Gasteiger partial charge on any atom is -0.338 e. The van der Waals surface area contributed by atoms with Crippen LogP contribution in [0.3, 0.4) is 0 Å². The fourth-order valence-corrected chi connectivity index (χ4v) is 5.46. The molecular weight excluding hydrogens is 424 g/mol. The Morgan fingerprint density at radius 3 is 2.79 bits per heavy atom. The van der Waals surface area contributed by atoms with Gasteiger partial charge in [0.25, 0.3) is 5.56 Å². The Balaban J connectivity index is 1.32. The molecule has 1 aromatic carbocycles.